The van der Waals surface area contributed by atoms with Crippen molar-refractivity contribution in [2.75, 3.05) is 20.2 Å². The molecule has 1 N–H and O–H groups in total. The first kappa shape index (κ1) is 8.83. The molecule has 1 saturated carbocycles. The van der Waals surface area contributed by atoms with Gasteiger partial charge in [-0.1, -0.05) is 0 Å². The molecule has 14 heavy (non-hydrogen) atoms. The van der Waals surface area contributed by atoms with E-state index in [1.807, 2.05) is 12.6 Å². The van der Waals surface area contributed by atoms with Crippen LogP contribution in [0.3, 0.4) is 0 Å². The smallest absolute Gasteiger partial charge is 0.106 e. The van der Waals surface area contributed by atoms with Crippen LogP contribution < -0.4 is 5.32 Å². The van der Waals surface area contributed by atoms with Crippen molar-refractivity contribution in [3.05, 3.63) is 16.1 Å². The predicted octanol–water partition coefficient (Wildman–Crippen LogP) is 1.47. The summed E-state index contributed by atoms with van der Waals surface area (Å²) >= 11 is 1.74. The number of hydrogen-bond acceptors (Lipinski definition) is 4. The van der Waals surface area contributed by atoms with Crippen LogP contribution in [0.5, 0.6) is 0 Å². The van der Waals surface area contributed by atoms with Gasteiger partial charge < -0.3 is 10.1 Å². The zero-order valence-electron chi connectivity index (χ0n) is 8.25. The monoisotopic (exact) mass is 210 g/mol. The predicted molar refractivity (Wildman–Crippen MR) is 55.6 cm³/mol. The number of nitrogens with zero attached hydrogens (tertiary/aromatic N) is 1. The van der Waals surface area contributed by atoms with Crippen LogP contribution in [0.1, 0.15) is 29.5 Å². The number of fused-ring (bicyclic) bond motifs is 2. The van der Waals surface area contributed by atoms with E-state index in [1.165, 1.54) is 23.4 Å². The van der Waals surface area contributed by atoms with Crippen LogP contribution in [0, 0.1) is 0 Å². The van der Waals surface area contributed by atoms with Crippen LogP contribution >= 0.6 is 11.3 Å². The molecule has 4 heteroatoms. The van der Waals surface area contributed by atoms with E-state index in [9.17, 15) is 0 Å². The van der Waals surface area contributed by atoms with Gasteiger partial charge in [0.05, 0.1) is 22.7 Å². The van der Waals surface area contributed by atoms with Gasteiger partial charge in [-0.15, -0.1) is 11.3 Å². The second-order valence-corrected chi connectivity index (χ2v) is 5.09. The Morgan fingerprint density at radius 2 is 2.57 bits per heavy atom. The molecule has 0 aromatic carbocycles. The first-order valence-corrected chi connectivity index (χ1v) is 5.94. The Morgan fingerprint density at radius 1 is 1.71 bits per heavy atom. The Labute approximate surface area is 87.5 Å². The fourth-order valence-electron chi connectivity index (χ4n) is 2.16. The van der Waals surface area contributed by atoms with E-state index in [4.69, 9.17) is 4.74 Å². The van der Waals surface area contributed by atoms with Gasteiger partial charge >= 0.3 is 0 Å². The molecule has 0 radical (unpaired) electrons. The minimum atomic E-state index is 0.230. The molecular formula is C10H14N2OS. The Kier molecular flexibility index (Phi) is 1.90. The number of hydrogen-bond donors (Lipinski definition) is 1. The molecule has 76 valence electrons. The molecule has 1 atom stereocenters. The lowest BCUT2D eigenvalue weighted by Gasteiger charge is -2.28. The van der Waals surface area contributed by atoms with Gasteiger partial charge in [0.15, 0.2) is 0 Å². The molecule has 1 aliphatic carbocycles. The zero-order chi connectivity index (χ0) is 9.60. The summed E-state index contributed by atoms with van der Waals surface area (Å²) in [5, 5.41) is 3.17. The molecule has 1 spiro atoms. The van der Waals surface area contributed by atoms with Crippen LogP contribution in [-0.4, -0.2) is 25.2 Å². The Balaban J connectivity index is 1.96. The lowest BCUT2D eigenvalue weighted by atomic mass is 9.98. The second kappa shape index (κ2) is 3.02. The van der Waals surface area contributed by atoms with Gasteiger partial charge in [0.2, 0.25) is 0 Å². The molecule has 3 rings (SSSR count). The van der Waals surface area contributed by atoms with Gasteiger partial charge in [-0.3, -0.25) is 0 Å². The molecule has 1 fully saturated rings. The van der Waals surface area contributed by atoms with E-state index in [1.54, 1.807) is 11.3 Å². The van der Waals surface area contributed by atoms with E-state index in [2.05, 4.69) is 10.3 Å². The summed E-state index contributed by atoms with van der Waals surface area (Å²) in [5.74, 6) is 0. The highest BCUT2D eigenvalue weighted by molar-refractivity contribution is 7.09. The minimum absolute atomic E-state index is 0.230. The molecule has 2 heterocycles. The summed E-state index contributed by atoms with van der Waals surface area (Å²) in [5.41, 5.74) is 3.61. The summed E-state index contributed by atoms with van der Waals surface area (Å²) in [6.45, 7) is 1.77. The van der Waals surface area contributed by atoms with Crippen LogP contribution in [0.25, 0.3) is 0 Å². The van der Waals surface area contributed by atoms with Crippen LogP contribution in [-0.2, 0) is 10.2 Å². The molecule has 0 amide bonds. The van der Waals surface area contributed by atoms with Crippen LogP contribution in [0.15, 0.2) is 5.51 Å². The number of ether oxygens (including phenoxy) is 1. The third kappa shape index (κ3) is 1.14. The number of thiazole rings is 1. The fraction of sp³-hybridized carbons (Fsp3) is 0.700. The molecule has 0 bridgehead atoms. The van der Waals surface area contributed by atoms with Crippen molar-refractivity contribution >= 4 is 11.3 Å². The lowest BCUT2D eigenvalue weighted by Crippen LogP contribution is -2.30. The van der Waals surface area contributed by atoms with Crippen molar-refractivity contribution in [2.45, 2.75) is 24.4 Å². The van der Waals surface area contributed by atoms with Crippen molar-refractivity contribution in [3.63, 3.8) is 0 Å². The molecule has 0 unspecified atom stereocenters. The first-order valence-electron chi connectivity index (χ1n) is 5.06. The highest BCUT2D eigenvalue weighted by Crippen LogP contribution is 2.54. The number of aromatic nitrogens is 1. The topological polar surface area (TPSA) is 34.1 Å². The van der Waals surface area contributed by atoms with Crippen molar-refractivity contribution in [3.8, 4) is 0 Å². The zero-order valence-corrected chi connectivity index (χ0v) is 9.06. The van der Waals surface area contributed by atoms with E-state index in [0.29, 0.717) is 5.41 Å². The average Bonchev–Trinajstić information content (AvgIpc) is 2.78. The number of rotatable bonds is 2. The van der Waals surface area contributed by atoms with Gasteiger partial charge in [0.1, 0.15) is 6.10 Å². The normalized spacial score (nSPS) is 27.6. The van der Waals surface area contributed by atoms with E-state index in [0.717, 1.165) is 13.2 Å². The number of likely N-dealkylation sites (N-methyl/N-ethyl adjacent to an activating group) is 1. The second-order valence-electron chi connectivity index (χ2n) is 4.20. The SMILES string of the molecule is CNC[C@@H]1OCC2(CC2)c2ncsc21. The summed E-state index contributed by atoms with van der Waals surface area (Å²) in [6, 6.07) is 0. The maximum Gasteiger partial charge on any atom is 0.106 e. The average molecular weight is 210 g/mol. The van der Waals surface area contributed by atoms with Crippen LogP contribution in [0.4, 0.5) is 0 Å². The molecule has 1 aromatic rings. The van der Waals surface area contributed by atoms with E-state index in [-0.39, 0.29) is 6.10 Å². The lowest BCUT2D eigenvalue weighted by molar-refractivity contribution is 0.0247. The Hall–Kier alpha value is -0.450. The largest absolute Gasteiger partial charge is 0.370 e. The van der Waals surface area contributed by atoms with Gasteiger partial charge in [0, 0.05) is 12.0 Å². The molecular weight excluding hydrogens is 196 g/mol. The van der Waals surface area contributed by atoms with Crippen molar-refractivity contribution in [1.29, 1.82) is 0 Å². The summed E-state index contributed by atoms with van der Waals surface area (Å²) in [6.07, 6.45) is 2.75. The first-order chi connectivity index (χ1) is 6.86. The summed E-state index contributed by atoms with van der Waals surface area (Å²) in [4.78, 5) is 5.87. The summed E-state index contributed by atoms with van der Waals surface area (Å²) in [7, 11) is 1.96. The van der Waals surface area contributed by atoms with Crippen molar-refractivity contribution in [2.24, 2.45) is 0 Å². The maximum atomic E-state index is 5.89. The Bertz CT molecular complexity index is 346. The Morgan fingerprint density at radius 3 is 3.29 bits per heavy atom. The van der Waals surface area contributed by atoms with Crippen LogP contribution in [0.2, 0.25) is 0 Å². The van der Waals surface area contributed by atoms with Crippen molar-refractivity contribution < 1.29 is 4.74 Å². The van der Waals surface area contributed by atoms with Gasteiger partial charge in [-0.2, -0.15) is 0 Å². The highest BCUT2D eigenvalue weighted by Gasteiger charge is 2.51. The molecule has 0 saturated heterocycles. The third-order valence-corrected chi connectivity index (χ3v) is 4.11. The molecule has 1 aliphatic heterocycles. The quantitative estimate of drug-likeness (QED) is 0.802. The highest BCUT2D eigenvalue weighted by atomic mass is 32.1. The standard InChI is InChI=1S/C10H14N2OS/c1-11-4-7-8-9(12-6-14-8)10(2-3-10)5-13-7/h6-7,11H,2-5H2,1H3/t7-/m0/s1. The fourth-order valence-corrected chi connectivity index (χ4v) is 3.11. The molecule has 1 aromatic heterocycles. The minimum Gasteiger partial charge on any atom is -0.370 e. The van der Waals surface area contributed by atoms with Gasteiger partial charge in [-0.25, -0.2) is 4.98 Å². The van der Waals surface area contributed by atoms with Gasteiger partial charge in [0.25, 0.3) is 0 Å². The number of nitrogens with one attached hydrogen (secondary N) is 1. The van der Waals surface area contributed by atoms with Gasteiger partial charge in [-0.05, 0) is 19.9 Å². The third-order valence-electron chi connectivity index (χ3n) is 3.19. The summed E-state index contributed by atoms with van der Waals surface area (Å²) < 4.78 is 5.89. The maximum absolute atomic E-state index is 5.89. The van der Waals surface area contributed by atoms with Crippen molar-refractivity contribution in [1.82, 2.24) is 10.3 Å². The van der Waals surface area contributed by atoms with E-state index < -0.39 is 0 Å². The van der Waals surface area contributed by atoms with E-state index >= 15 is 0 Å². The molecule has 3 nitrogen and oxygen atoms in total. The molecule has 2 aliphatic rings.